The summed E-state index contributed by atoms with van der Waals surface area (Å²) in [4.78, 5) is 14.6. The SMILES string of the molecule is CO[C@@H]1O[C@H](COP(=O)(O)OC(O[C@@H]2O[C@@H]3COC(c4ccccc4)O[C@@H]3[C@H](OC)[C@H]2N=C(C)[O-])[C@H](O)[C@H](O)[C@@H](C)O)[C@@H](O)[C@H](O)[C@H]1O.[Na+]. The van der Waals surface area contributed by atoms with Crippen molar-refractivity contribution in [3.05, 3.63) is 35.9 Å². The normalized spacial score (nSPS) is 37.5. The third-order valence-corrected chi connectivity index (χ3v) is 8.86. The Morgan fingerprint density at radius 1 is 1.00 bits per heavy atom. The van der Waals surface area contributed by atoms with Gasteiger partial charge in [0.25, 0.3) is 0 Å². The molecule has 0 bridgehead atoms. The third-order valence-electron chi connectivity index (χ3n) is 7.91. The molecule has 274 valence electrons. The molecule has 3 unspecified atom stereocenters. The fraction of sp³-hybridized carbons (Fsp3) is 0.750. The number of aliphatic hydroxyl groups is 6. The predicted octanol–water partition coefficient (Wildman–Crippen LogP) is -5.98. The molecule has 3 aliphatic heterocycles. The topological polar surface area (TPSA) is 277 Å². The Balaban J connectivity index is 0.00000650. The first-order valence-electron chi connectivity index (χ1n) is 15.0. The molecule has 0 aromatic heterocycles. The zero-order valence-electron chi connectivity index (χ0n) is 27.5. The Bertz CT molecular complexity index is 1230. The van der Waals surface area contributed by atoms with Gasteiger partial charge in [-0.1, -0.05) is 30.3 Å². The third kappa shape index (κ3) is 10.7. The number of phosphoric ester groups is 1. The van der Waals surface area contributed by atoms with Crippen molar-refractivity contribution in [2.45, 2.75) is 106 Å². The Hall–Kier alpha value is -0.720. The molecular weight excluding hydrogens is 692 g/mol. The first kappa shape index (κ1) is 42.7. The summed E-state index contributed by atoms with van der Waals surface area (Å²) in [6.07, 6.45) is -21.6. The molecule has 3 aliphatic rings. The molecule has 3 saturated heterocycles. The van der Waals surface area contributed by atoms with E-state index in [1.807, 2.05) is 6.07 Å². The van der Waals surface area contributed by atoms with E-state index in [0.29, 0.717) is 5.56 Å². The summed E-state index contributed by atoms with van der Waals surface area (Å²) in [6, 6.07) is 7.65. The standard InChI is InChI=1S/C28H44NO18P.Na/c1-12(30)18(32)21(35)28(47-48(37,38)42-11-15-19(33)20(34)22(36)27(40-4)43-15)46-26-17(29-13(2)31)24(39-3)23-16(44-26)10-41-25(45-23)14-8-6-5-7-9-14;/h5-9,12,15-28,30,32-36H,10-11H2,1-4H3,(H,29,31)(H,37,38);/q;+1/p-1/t12-,15-,16-,17-,18-,19-,20+,21-,22-,23+,24-,25?,26+,27-,28?;/m1./s1. The number of nitrogens with zero attached hydrogens (tertiary/aromatic N) is 1. The maximum atomic E-state index is 13.1. The van der Waals surface area contributed by atoms with Crippen molar-refractivity contribution in [1.82, 2.24) is 0 Å². The van der Waals surface area contributed by atoms with E-state index in [1.54, 1.807) is 24.3 Å². The van der Waals surface area contributed by atoms with Gasteiger partial charge in [0.1, 0.15) is 61.0 Å². The van der Waals surface area contributed by atoms with E-state index in [1.165, 1.54) is 7.11 Å². The largest absolute Gasteiger partial charge is 1.00 e. The van der Waals surface area contributed by atoms with E-state index in [4.69, 9.17) is 42.2 Å². The molecule has 16 atom stereocenters. The van der Waals surface area contributed by atoms with Crippen LogP contribution in [0.15, 0.2) is 35.3 Å². The second-order valence-electron chi connectivity index (χ2n) is 11.4. The van der Waals surface area contributed by atoms with Crippen LogP contribution in [-0.4, -0.2) is 155 Å². The Morgan fingerprint density at radius 3 is 2.27 bits per heavy atom. The molecule has 1 aromatic rings. The quantitative estimate of drug-likeness (QED) is 0.0308. The van der Waals surface area contributed by atoms with E-state index in [0.717, 1.165) is 21.0 Å². The number of benzene rings is 1. The minimum absolute atomic E-state index is 0. The zero-order chi connectivity index (χ0) is 35.3. The average molecular weight is 736 g/mol. The van der Waals surface area contributed by atoms with Crippen LogP contribution < -0.4 is 34.7 Å². The summed E-state index contributed by atoms with van der Waals surface area (Å²) >= 11 is 0. The Labute approximate surface area is 304 Å². The monoisotopic (exact) mass is 735 g/mol. The molecule has 49 heavy (non-hydrogen) atoms. The van der Waals surface area contributed by atoms with Crippen LogP contribution in [-0.2, 0) is 46.8 Å². The van der Waals surface area contributed by atoms with Gasteiger partial charge in [0.2, 0.25) is 6.29 Å². The number of aliphatic hydroxyl groups excluding tert-OH is 6. The number of rotatable bonds is 14. The van der Waals surface area contributed by atoms with Gasteiger partial charge in [-0.05, 0) is 19.7 Å². The summed E-state index contributed by atoms with van der Waals surface area (Å²) < 4.78 is 62.7. The molecule has 21 heteroatoms. The molecule has 7 N–H and O–H groups in total. The number of hydrogen-bond donors (Lipinski definition) is 7. The number of hydrogen-bond acceptors (Lipinski definition) is 18. The first-order valence-corrected chi connectivity index (χ1v) is 16.5. The fourth-order valence-electron chi connectivity index (χ4n) is 5.39. The van der Waals surface area contributed by atoms with Gasteiger partial charge < -0.3 is 73.8 Å². The molecule has 1 aromatic carbocycles. The summed E-state index contributed by atoms with van der Waals surface area (Å²) in [6.45, 7) is 1.28. The van der Waals surface area contributed by atoms with E-state index in [-0.39, 0.29) is 36.2 Å². The second kappa shape index (κ2) is 18.9. The van der Waals surface area contributed by atoms with Crippen LogP contribution in [0, 0.1) is 0 Å². The van der Waals surface area contributed by atoms with Crippen molar-refractivity contribution in [2.75, 3.05) is 27.4 Å². The van der Waals surface area contributed by atoms with Crippen molar-refractivity contribution in [2.24, 2.45) is 4.99 Å². The molecule has 0 radical (unpaired) electrons. The van der Waals surface area contributed by atoms with Crippen LogP contribution >= 0.6 is 7.82 Å². The first-order chi connectivity index (χ1) is 22.7. The van der Waals surface area contributed by atoms with Crippen LogP contribution in [0.25, 0.3) is 0 Å². The molecule has 0 saturated carbocycles. The van der Waals surface area contributed by atoms with Crippen LogP contribution in [0.1, 0.15) is 25.7 Å². The van der Waals surface area contributed by atoms with Crippen LogP contribution in [0.4, 0.5) is 0 Å². The predicted molar refractivity (Wildman–Crippen MR) is 155 cm³/mol. The molecule has 3 heterocycles. The smallest absolute Gasteiger partial charge is 0.862 e. The van der Waals surface area contributed by atoms with Crippen molar-refractivity contribution in [1.29, 1.82) is 0 Å². The molecular formula is C28H43NNaO18P. The van der Waals surface area contributed by atoms with Gasteiger partial charge >= 0.3 is 37.4 Å². The molecule has 19 nitrogen and oxygen atoms in total. The van der Waals surface area contributed by atoms with Crippen molar-refractivity contribution in [3.8, 4) is 0 Å². The summed E-state index contributed by atoms with van der Waals surface area (Å²) in [5, 5.41) is 73.8. The molecule has 0 amide bonds. The molecule has 3 fully saturated rings. The van der Waals surface area contributed by atoms with Gasteiger partial charge in [0.05, 0.1) is 19.3 Å². The van der Waals surface area contributed by atoms with Gasteiger partial charge in [-0.25, -0.2) is 4.57 Å². The van der Waals surface area contributed by atoms with E-state index in [9.17, 15) is 45.2 Å². The molecule has 0 spiro atoms. The second-order valence-corrected chi connectivity index (χ2v) is 12.8. The summed E-state index contributed by atoms with van der Waals surface area (Å²) in [5.41, 5.74) is 0.696. The number of aliphatic imine (C=N–C) groups is 1. The maximum Gasteiger partial charge on any atom is 1.00 e. The van der Waals surface area contributed by atoms with Crippen molar-refractivity contribution < 1.29 is 117 Å². The number of methoxy groups -OCH3 is 2. The van der Waals surface area contributed by atoms with Crippen molar-refractivity contribution >= 4 is 13.7 Å². The van der Waals surface area contributed by atoms with Gasteiger partial charge in [0, 0.05) is 19.8 Å². The number of fused-ring (bicyclic) bond motifs is 1. The molecule has 0 aliphatic carbocycles. The van der Waals surface area contributed by atoms with Gasteiger partial charge in [-0.3, -0.25) is 14.0 Å². The van der Waals surface area contributed by atoms with Crippen molar-refractivity contribution in [3.63, 3.8) is 0 Å². The van der Waals surface area contributed by atoms with Crippen LogP contribution in [0.5, 0.6) is 0 Å². The zero-order valence-corrected chi connectivity index (χ0v) is 30.4. The number of ether oxygens (including phenoxy) is 7. The van der Waals surface area contributed by atoms with Gasteiger partial charge in [-0.15, -0.1) is 0 Å². The number of phosphoric acid groups is 1. The molecule has 4 rings (SSSR count). The maximum absolute atomic E-state index is 13.1. The minimum atomic E-state index is -5.32. The van der Waals surface area contributed by atoms with E-state index >= 15 is 0 Å². The van der Waals surface area contributed by atoms with Crippen LogP contribution in [0.2, 0.25) is 0 Å². The van der Waals surface area contributed by atoms with Crippen LogP contribution in [0.3, 0.4) is 0 Å². The Kier molecular flexibility index (Phi) is 16.4. The van der Waals surface area contributed by atoms with Gasteiger partial charge in [0.15, 0.2) is 18.9 Å². The van der Waals surface area contributed by atoms with E-state index in [2.05, 4.69) is 4.99 Å². The van der Waals surface area contributed by atoms with Gasteiger partial charge in [-0.2, -0.15) is 0 Å². The summed E-state index contributed by atoms with van der Waals surface area (Å²) in [7, 11) is -2.85. The fourth-order valence-corrected chi connectivity index (χ4v) is 6.23. The summed E-state index contributed by atoms with van der Waals surface area (Å²) in [5.74, 6) is -0.685. The average Bonchev–Trinajstić information content (AvgIpc) is 3.06. The Morgan fingerprint density at radius 2 is 1.67 bits per heavy atom. The minimum Gasteiger partial charge on any atom is -0.862 e. The van der Waals surface area contributed by atoms with E-state index < -0.39 is 113 Å².